The van der Waals surface area contributed by atoms with Crippen LogP contribution in [0.5, 0.6) is 23.0 Å². The number of carbonyl (C=O) groups is 1. The second-order valence-corrected chi connectivity index (χ2v) is 6.60. The SMILES string of the molecule is COc1ccc(Oc2cc(NC(C)C(=O)Nc3c(F)cccc3F)ccc2OC)cc1. The molecule has 0 aliphatic heterocycles. The first-order chi connectivity index (χ1) is 14.9. The van der Waals surface area contributed by atoms with Gasteiger partial charge in [-0.1, -0.05) is 6.07 Å². The molecule has 0 spiro atoms. The lowest BCUT2D eigenvalue weighted by atomic mass is 10.2. The van der Waals surface area contributed by atoms with Crippen LogP contribution in [0.25, 0.3) is 0 Å². The van der Waals surface area contributed by atoms with Gasteiger partial charge in [-0.3, -0.25) is 4.79 Å². The fourth-order valence-electron chi connectivity index (χ4n) is 2.78. The quantitative estimate of drug-likeness (QED) is 0.515. The lowest BCUT2D eigenvalue weighted by Gasteiger charge is -2.18. The molecular weight excluding hydrogens is 406 g/mol. The van der Waals surface area contributed by atoms with Gasteiger partial charge >= 0.3 is 0 Å². The molecule has 31 heavy (non-hydrogen) atoms. The molecule has 0 aliphatic carbocycles. The van der Waals surface area contributed by atoms with Gasteiger partial charge in [-0.2, -0.15) is 0 Å². The summed E-state index contributed by atoms with van der Waals surface area (Å²) in [5.41, 5.74) is 0.0698. The van der Waals surface area contributed by atoms with E-state index in [9.17, 15) is 13.6 Å². The molecule has 0 aromatic heterocycles. The maximum Gasteiger partial charge on any atom is 0.246 e. The molecule has 1 atom stereocenters. The van der Waals surface area contributed by atoms with Crippen LogP contribution in [0.4, 0.5) is 20.2 Å². The van der Waals surface area contributed by atoms with Gasteiger partial charge < -0.3 is 24.8 Å². The van der Waals surface area contributed by atoms with E-state index in [1.165, 1.54) is 13.2 Å². The van der Waals surface area contributed by atoms with Crippen molar-refractivity contribution in [1.82, 2.24) is 0 Å². The molecule has 0 bridgehead atoms. The minimum Gasteiger partial charge on any atom is -0.497 e. The third-order valence-electron chi connectivity index (χ3n) is 4.44. The number of benzene rings is 3. The number of nitrogens with one attached hydrogen (secondary N) is 2. The summed E-state index contributed by atoms with van der Waals surface area (Å²) in [7, 11) is 3.09. The minimum atomic E-state index is -0.847. The highest BCUT2D eigenvalue weighted by Crippen LogP contribution is 2.34. The van der Waals surface area contributed by atoms with Crippen molar-refractivity contribution in [1.29, 1.82) is 0 Å². The average molecular weight is 428 g/mol. The lowest BCUT2D eigenvalue weighted by molar-refractivity contribution is -0.116. The third kappa shape index (κ3) is 5.42. The van der Waals surface area contributed by atoms with Crippen LogP contribution in [-0.2, 0) is 4.79 Å². The van der Waals surface area contributed by atoms with Crippen LogP contribution >= 0.6 is 0 Å². The second-order valence-electron chi connectivity index (χ2n) is 6.60. The molecule has 6 nitrogen and oxygen atoms in total. The van der Waals surface area contributed by atoms with Crippen molar-refractivity contribution in [2.24, 2.45) is 0 Å². The van der Waals surface area contributed by atoms with Crippen LogP contribution in [0.2, 0.25) is 0 Å². The first kappa shape index (κ1) is 21.9. The number of anilines is 2. The molecule has 1 unspecified atom stereocenters. The summed E-state index contributed by atoms with van der Waals surface area (Å²) in [5.74, 6) is -0.118. The fourth-order valence-corrected chi connectivity index (χ4v) is 2.78. The summed E-state index contributed by atoms with van der Waals surface area (Å²) in [4.78, 5) is 12.4. The van der Waals surface area contributed by atoms with E-state index < -0.39 is 29.3 Å². The van der Waals surface area contributed by atoms with Gasteiger partial charge in [0.05, 0.1) is 14.2 Å². The Bertz CT molecular complexity index is 1040. The molecule has 3 aromatic carbocycles. The van der Waals surface area contributed by atoms with Crippen molar-refractivity contribution >= 4 is 17.3 Å². The van der Waals surface area contributed by atoms with Crippen molar-refractivity contribution in [3.05, 3.63) is 72.3 Å². The Morgan fingerprint density at radius 3 is 2.13 bits per heavy atom. The summed E-state index contributed by atoms with van der Waals surface area (Å²) < 4.78 is 43.9. The molecule has 0 aliphatic rings. The van der Waals surface area contributed by atoms with E-state index in [0.717, 1.165) is 12.1 Å². The van der Waals surface area contributed by atoms with Gasteiger partial charge in [0.1, 0.15) is 34.9 Å². The van der Waals surface area contributed by atoms with Crippen LogP contribution in [0.15, 0.2) is 60.7 Å². The first-order valence-corrected chi connectivity index (χ1v) is 9.42. The molecular formula is C23H22F2N2O4. The highest BCUT2D eigenvalue weighted by Gasteiger charge is 2.18. The zero-order valence-corrected chi connectivity index (χ0v) is 17.2. The molecule has 0 saturated heterocycles. The van der Waals surface area contributed by atoms with E-state index in [0.29, 0.717) is 28.7 Å². The summed E-state index contributed by atoms with van der Waals surface area (Å²) in [6.45, 7) is 1.57. The van der Waals surface area contributed by atoms with E-state index in [2.05, 4.69) is 10.6 Å². The van der Waals surface area contributed by atoms with Gasteiger partial charge in [-0.25, -0.2) is 8.78 Å². The van der Waals surface area contributed by atoms with Crippen molar-refractivity contribution in [2.75, 3.05) is 24.9 Å². The lowest BCUT2D eigenvalue weighted by Crippen LogP contribution is -2.32. The monoisotopic (exact) mass is 428 g/mol. The van der Waals surface area contributed by atoms with Crippen LogP contribution in [0, 0.1) is 11.6 Å². The molecule has 0 fully saturated rings. The molecule has 3 rings (SSSR count). The highest BCUT2D eigenvalue weighted by atomic mass is 19.1. The van der Waals surface area contributed by atoms with E-state index in [1.54, 1.807) is 56.5 Å². The molecule has 3 aromatic rings. The smallest absolute Gasteiger partial charge is 0.246 e. The molecule has 1 amide bonds. The Morgan fingerprint density at radius 2 is 1.52 bits per heavy atom. The van der Waals surface area contributed by atoms with E-state index in [1.807, 2.05) is 0 Å². The normalized spacial score (nSPS) is 11.4. The van der Waals surface area contributed by atoms with Crippen molar-refractivity contribution in [2.45, 2.75) is 13.0 Å². The maximum atomic E-state index is 13.8. The Balaban J connectivity index is 1.73. The average Bonchev–Trinajstić information content (AvgIpc) is 2.77. The third-order valence-corrected chi connectivity index (χ3v) is 4.44. The van der Waals surface area contributed by atoms with E-state index in [4.69, 9.17) is 14.2 Å². The number of amides is 1. The first-order valence-electron chi connectivity index (χ1n) is 9.42. The summed E-state index contributed by atoms with van der Waals surface area (Å²) >= 11 is 0. The van der Waals surface area contributed by atoms with E-state index in [-0.39, 0.29) is 0 Å². The number of hydrogen-bond donors (Lipinski definition) is 2. The van der Waals surface area contributed by atoms with Crippen molar-refractivity contribution < 1.29 is 27.8 Å². The number of carbonyl (C=O) groups excluding carboxylic acids is 1. The Kier molecular flexibility index (Phi) is 6.92. The Morgan fingerprint density at radius 1 is 0.871 bits per heavy atom. The number of methoxy groups -OCH3 is 2. The van der Waals surface area contributed by atoms with Gasteiger partial charge in [0, 0.05) is 11.8 Å². The molecule has 162 valence electrons. The number of hydrogen-bond acceptors (Lipinski definition) is 5. The van der Waals surface area contributed by atoms with Crippen LogP contribution < -0.4 is 24.8 Å². The van der Waals surface area contributed by atoms with Crippen LogP contribution in [-0.4, -0.2) is 26.2 Å². The second kappa shape index (κ2) is 9.80. The molecule has 2 N–H and O–H groups in total. The van der Waals surface area contributed by atoms with Crippen molar-refractivity contribution in [3.8, 4) is 23.0 Å². The molecule has 8 heteroatoms. The number of rotatable bonds is 8. The highest BCUT2D eigenvalue weighted by molar-refractivity contribution is 5.96. The molecule has 0 saturated carbocycles. The van der Waals surface area contributed by atoms with Crippen LogP contribution in [0.3, 0.4) is 0 Å². The minimum absolute atomic E-state index is 0.422. The van der Waals surface area contributed by atoms with Gasteiger partial charge in [-0.15, -0.1) is 0 Å². The number of ether oxygens (including phenoxy) is 3. The van der Waals surface area contributed by atoms with E-state index >= 15 is 0 Å². The number of para-hydroxylation sites is 1. The topological polar surface area (TPSA) is 68.8 Å². The summed E-state index contributed by atoms with van der Waals surface area (Å²) in [5, 5.41) is 5.25. The Labute approximate surface area is 178 Å². The molecule has 0 radical (unpaired) electrons. The summed E-state index contributed by atoms with van der Waals surface area (Å²) in [6.07, 6.45) is 0. The maximum absolute atomic E-state index is 13.8. The Hall–Kier alpha value is -3.81. The van der Waals surface area contributed by atoms with Crippen LogP contribution in [0.1, 0.15) is 6.92 Å². The van der Waals surface area contributed by atoms with Gasteiger partial charge in [0.2, 0.25) is 5.91 Å². The standard InChI is InChI=1S/C23H22F2N2O4/c1-14(23(28)27-22-18(24)5-4-6-19(22)25)26-15-7-12-20(30-3)21(13-15)31-17-10-8-16(29-2)9-11-17/h4-14,26H,1-3H3,(H,27,28). The predicted octanol–water partition coefficient (Wildman–Crippen LogP) is 5.21. The molecule has 0 heterocycles. The predicted molar refractivity (Wildman–Crippen MR) is 114 cm³/mol. The van der Waals surface area contributed by atoms with Gasteiger partial charge in [0.25, 0.3) is 0 Å². The zero-order valence-electron chi connectivity index (χ0n) is 17.2. The van der Waals surface area contributed by atoms with Gasteiger partial charge in [0.15, 0.2) is 11.5 Å². The number of halogens is 2. The summed E-state index contributed by atoms with van der Waals surface area (Å²) in [6, 6.07) is 14.6. The fraction of sp³-hybridized carbons (Fsp3) is 0.174. The zero-order chi connectivity index (χ0) is 22.4. The van der Waals surface area contributed by atoms with Crippen molar-refractivity contribution in [3.63, 3.8) is 0 Å². The van der Waals surface area contributed by atoms with Gasteiger partial charge in [-0.05, 0) is 55.5 Å². The largest absolute Gasteiger partial charge is 0.497 e.